The monoisotopic (exact) mass is 529 g/mol. The van der Waals surface area contributed by atoms with Gasteiger partial charge in [0.15, 0.2) is 0 Å². The lowest BCUT2D eigenvalue weighted by atomic mass is 9.78. The summed E-state index contributed by atoms with van der Waals surface area (Å²) in [6.45, 7) is 0.552. The van der Waals surface area contributed by atoms with E-state index in [4.69, 9.17) is 15.6 Å². The fourth-order valence-electron chi connectivity index (χ4n) is 5.32. The number of nitrogens with zero attached hydrogens (tertiary/aromatic N) is 1. The summed E-state index contributed by atoms with van der Waals surface area (Å²) >= 11 is 1.88. The van der Waals surface area contributed by atoms with Gasteiger partial charge in [0, 0.05) is 23.8 Å². The van der Waals surface area contributed by atoms with E-state index in [1.165, 1.54) is 17.7 Å². The molecule has 2 aliphatic carbocycles. The van der Waals surface area contributed by atoms with E-state index in [2.05, 4.69) is 41.8 Å². The van der Waals surface area contributed by atoms with E-state index in [9.17, 15) is 9.59 Å². The van der Waals surface area contributed by atoms with Crippen molar-refractivity contribution in [2.24, 2.45) is 5.73 Å². The van der Waals surface area contributed by atoms with E-state index in [1.807, 2.05) is 41.7 Å². The largest absolute Gasteiger partial charge is 0.481 e. The Bertz CT molecular complexity index is 943. The molecule has 0 spiro atoms. The van der Waals surface area contributed by atoms with Crippen LogP contribution in [0.25, 0.3) is 0 Å². The van der Waals surface area contributed by atoms with Crippen molar-refractivity contribution < 1.29 is 19.4 Å². The topological polar surface area (TPSA) is 105 Å². The summed E-state index contributed by atoms with van der Waals surface area (Å²) in [5.41, 5.74) is 7.37. The van der Waals surface area contributed by atoms with Gasteiger partial charge in [-0.2, -0.15) is 0 Å². The Morgan fingerprint density at radius 2 is 1.81 bits per heavy atom. The molecule has 4 N–H and O–H groups in total. The van der Waals surface area contributed by atoms with E-state index in [-0.39, 0.29) is 36.4 Å². The minimum absolute atomic E-state index is 0.0338. The maximum atomic E-state index is 11.8. The Morgan fingerprint density at radius 1 is 1.08 bits per heavy atom. The van der Waals surface area contributed by atoms with Gasteiger partial charge >= 0.3 is 5.97 Å². The van der Waals surface area contributed by atoms with Gasteiger partial charge in [0.25, 0.3) is 0 Å². The number of rotatable bonds is 10. The van der Waals surface area contributed by atoms with Crippen LogP contribution in [0.3, 0.4) is 0 Å². The number of carbonyl (C=O) groups excluding carboxylic acids is 1. The molecule has 0 saturated heterocycles. The van der Waals surface area contributed by atoms with Gasteiger partial charge < -0.3 is 20.9 Å². The highest BCUT2D eigenvalue weighted by Gasteiger charge is 2.38. The second kappa shape index (κ2) is 14.6. The Morgan fingerprint density at radius 3 is 2.43 bits per heavy atom. The van der Waals surface area contributed by atoms with Crippen LogP contribution in [0.4, 0.5) is 0 Å². The number of thiophene rings is 1. The van der Waals surface area contributed by atoms with E-state index < -0.39 is 5.97 Å². The predicted octanol–water partition coefficient (Wildman–Crippen LogP) is 4.90. The van der Waals surface area contributed by atoms with E-state index >= 15 is 0 Å². The molecule has 4 rings (SSSR count). The van der Waals surface area contributed by atoms with Crippen molar-refractivity contribution in [3.63, 3.8) is 0 Å². The van der Waals surface area contributed by atoms with Crippen LogP contribution >= 0.6 is 11.3 Å². The van der Waals surface area contributed by atoms with Crippen molar-refractivity contribution >= 4 is 23.2 Å². The molecular weight excluding hydrogens is 486 g/mol. The standard InChI is InChI=1S/C17H23NO4.C12H20N2S/c19-16(10-5-11-17(20)21)18-14-8-4-9-15(14)22-12-13-6-2-1-3-7-13;1-14(2)12(11-4-3-9-15-11)7-5-10(13)6-8-12/h1-3,6-7,14-15H,4-5,8-12H2,(H,18,19)(H,20,21);3-4,9-10H,5-8,13H2,1-2H3. The van der Waals surface area contributed by atoms with Crippen LogP contribution in [-0.4, -0.2) is 54.2 Å². The number of amides is 1. The summed E-state index contributed by atoms with van der Waals surface area (Å²) in [6, 6.07) is 14.9. The van der Waals surface area contributed by atoms with Crippen LogP contribution in [0, 0.1) is 0 Å². The van der Waals surface area contributed by atoms with Crippen molar-refractivity contribution in [2.45, 2.75) is 94.5 Å². The van der Waals surface area contributed by atoms with Crippen molar-refractivity contribution in [2.75, 3.05) is 14.1 Å². The number of hydrogen-bond acceptors (Lipinski definition) is 6. The fraction of sp³-hybridized carbons (Fsp3) is 0.586. The van der Waals surface area contributed by atoms with Gasteiger partial charge in [-0.05, 0) is 82.5 Å². The van der Waals surface area contributed by atoms with Crippen LogP contribution in [-0.2, 0) is 26.5 Å². The third kappa shape index (κ3) is 8.92. The molecule has 8 heteroatoms. The number of ether oxygens (including phenoxy) is 1. The number of aliphatic carboxylic acids is 1. The van der Waals surface area contributed by atoms with E-state index in [1.54, 1.807) is 0 Å². The molecule has 1 heterocycles. The van der Waals surface area contributed by atoms with E-state index in [0.717, 1.165) is 37.7 Å². The second-order valence-electron chi connectivity index (χ2n) is 10.4. The first-order valence-electron chi connectivity index (χ1n) is 13.4. The molecule has 0 radical (unpaired) electrons. The van der Waals surface area contributed by atoms with Crippen LogP contribution in [0.1, 0.15) is 74.6 Å². The Hall–Kier alpha value is -2.26. The third-order valence-corrected chi connectivity index (χ3v) is 8.66. The number of nitrogens with two attached hydrogens (primary N) is 1. The zero-order valence-electron chi connectivity index (χ0n) is 22.2. The van der Waals surface area contributed by atoms with Crippen molar-refractivity contribution in [1.82, 2.24) is 10.2 Å². The number of benzene rings is 1. The highest BCUT2D eigenvalue weighted by Crippen LogP contribution is 2.42. The van der Waals surface area contributed by atoms with Gasteiger partial charge in [-0.25, -0.2) is 0 Å². The highest BCUT2D eigenvalue weighted by atomic mass is 32.1. The Kier molecular flexibility index (Phi) is 11.6. The third-order valence-electron chi connectivity index (χ3n) is 7.59. The first-order valence-corrected chi connectivity index (χ1v) is 14.3. The molecule has 2 saturated carbocycles. The van der Waals surface area contributed by atoms with Gasteiger partial charge in [0.1, 0.15) is 0 Å². The average Bonchev–Trinajstić information content (AvgIpc) is 3.57. The predicted molar refractivity (Wildman–Crippen MR) is 148 cm³/mol. The quantitative estimate of drug-likeness (QED) is 0.404. The molecule has 0 bridgehead atoms. The summed E-state index contributed by atoms with van der Waals surface area (Å²) in [6.07, 6.45) is 8.32. The molecule has 2 unspecified atom stereocenters. The Balaban J connectivity index is 0.000000220. The smallest absolute Gasteiger partial charge is 0.303 e. The molecule has 1 aromatic carbocycles. The summed E-state index contributed by atoms with van der Waals surface area (Å²) in [4.78, 5) is 26.2. The lowest BCUT2D eigenvalue weighted by Crippen LogP contribution is -2.46. The zero-order chi connectivity index (χ0) is 26.7. The maximum absolute atomic E-state index is 11.8. The summed E-state index contributed by atoms with van der Waals surface area (Å²) in [5, 5.41) is 13.7. The molecular formula is C29H43N3O4S. The normalized spacial score (nSPS) is 25.4. The molecule has 7 nitrogen and oxygen atoms in total. The molecule has 204 valence electrons. The highest BCUT2D eigenvalue weighted by molar-refractivity contribution is 7.10. The minimum Gasteiger partial charge on any atom is -0.481 e. The molecule has 37 heavy (non-hydrogen) atoms. The van der Waals surface area contributed by atoms with Crippen molar-refractivity contribution in [1.29, 1.82) is 0 Å². The molecule has 1 amide bonds. The van der Waals surface area contributed by atoms with Crippen LogP contribution in [0.15, 0.2) is 47.8 Å². The molecule has 0 aliphatic heterocycles. The SMILES string of the molecule is CN(C)C1(c2cccs2)CCC(N)CC1.O=C(O)CCCC(=O)NC1CCCC1OCc1ccccc1. The number of nitrogens with one attached hydrogen (secondary N) is 1. The van der Waals surface area contributed by atoms with E-state index in [0.29, 0.717) is 19.1 Å². The molecule has 2 fully saturated rings. The van der Waals surface area contributed by atoms with Gasteiger partial charge in [-0.3, -0.25) is 14.5 Å². The van der Waals surface area contributed by atoms with Gasteiger partial charge in [0.05, 0.1) is 24.3 Å². The van der Waals surface area contributed by atoms with Crippen molar-refractivity contribution in [3.8, 4) is 0 Å². The van der Waals surface area contributed by atoms with Gasteiger partial charge in [0.2, 0.25) is 5.91 Å². The first-order chi connectivity index (χ1) is 17.8. The number of carboxylic acids is 1. The van der Waals surface area contributed by atoms with Gasteiger partial charge in [-0.15, -0.1) is 11.3 Å². The second-order valence-corrected chi connectivity index (χ2v) is 11.4. The maximum Gasteiger partial charge on any atom is 0.303 e. The molecule has 1 aromatic heterocycles. The molecule has 2 atom stereocenters. The van der Waals surface area contributed by atoms with Crippen LogP contribution < -0.4 is 11.1 Å². The lowest BCUT2D eigenvalue weighted by molar-refractivity contribution is -0.137. The molecule has 2 aliphatic rings. The Labute approximate surface area is 225 Å². The first kappa shape index (κ1) is 29.3. The summed E-state index contributed by atoms with van der Waals surface area (Å²) < 4.78 is 5.94. The number of carboxylic acid groups (broad SMARTS) is 1. The van der Waals surface area contributed by atoms with Crippen LogP contribution in [0.2, 0.25) is 0 Å². The van der Waals surface area contributed by atoms with Crippen molar-refractivity contribution in [3.05, 3.63) is 58.3 Å². The summed E-state index contributed by atoms with van der Waals surface area (Å²) in [7, 11) is 4.38. The average molecular weight is 530 g/mol. The van der Waals surface area contributed by atoms with Gasteiger partial charge in [-0.1, -0.05) is 36.4 Å². The minimum atomic E-state index is -0.863. The lowest BCUT2D eigenvalue weighted by Gasteiger charge is -2.44. The fourth-order valence-corrected chi connectivity index (χ4v) is 6.39. The summed E-state index contributed by atoms with van der Waals surface area (Å²) in [5.74, 6) is -0.945. The number of hydrogen-bond donors (Lipinski definition) is 3. The zero-order valence-corrected chi connectivity index (χ0v) is 23.1. The van der Waals surface area contributed by atoms with Crippen LogP contribution in [0.5, 0.6) is 0 Å². The molecule has 2 aromatic rings. The number of carbonyl (C=O) groups is 2.